The predicted molar refractivity (Wildman–Crippen MR) is 73.0 cm³/mol. The SMILES string of the molecule is CCC(O)c1cn(C2CCNc3ccccc32)nn1. The van der Waals surface area contributed by atoms with Crippen LogP contribution in [0.3, 0.4) is 0 Å². The largest absolute Gasteiger partial charge is 0.387 e. The Morgan fingerprint density at radius 2 is 2.32 bits per heavy atom. The zero-order chi connectivity index (χ0) is 13.2. The van der Waals surface area contributed by atoms with Gasteiger partial charge in [-0.2, -0.15) is 0 Å². The molecule has 2 aromatic rings. The summed E-state index contributed by atoms with van der Waals surface area (Å²) in [7, 11) is 0. The summed E-state index contributed by atoms with van der Waals surface area (Å²) in [4.78, 5) is 0. The summed E-state index contributed by atoms with van der Waals surface area (Å²) in [6.45, 7) is 2.86. The lowest BCUT2D eigenvalue weighted by molar-refractivity contribution is 0.168. The fraction of sp³-hybridized carbons (Fsp3) is 0.429. The first-order valence-electron chi connectivity index (χ1n) is 6.72. The Balaban J connectivity index is 1.93. The maximum absolute atomic E-state index is 9.81. The Morgan fingerprint density at radius 1 is 1.47 bits per heavy atom. The number of nitrogens with one attached hydrogen (secondary N) is 1. The van der Waals surface area contributed by atoms with Gasteiger partial charge in [-0.1, -0.05) is 30.3 Å². The van der Waals surface area contributed by atoms with Gasteiger partial charge in [-0.05, 0) is 24.5 Å². The van der Waals surface area contributed by atoms with Gasteiger partial charge in [0, 0.05) is 12.2 Å². The summed E-state index contributed by atoms with van der Waals surface area (Å²) in [5, 5.41) is 21.5. The molecular weight excluding hydrogens is 240 g/mol. The van der Waals surface area contributed by atoms with Crippen molar-refractivity contribution in [2.24, 2.45) is 0 Å². The quantitative estimate of drug-likeness (QED) is 0.885. The van der Waals surface area contributed by atoms with Crippen molar-refractivity contribution in [1.29, 1.82) is 0 Å². The highest BCUT2D eigenvalue weighted by atomic mass is 16.3. The fourth-order valence-electron chi connectivity index (χ4n) is 2.53. The van der Waals surface area contributed by atoms with Gasteiger partial charge >= 0.3 is 0 Å². The van der Waals surface area contributed by atoms with E-state index in [0.29, 0.717) is 12.1 Å². The number of anilines is 1. The molecule has 19 heavy (non-hydrogen) atoms. The van der Waals surface area contributed by atoms with Crippen LogP contribution in [0.5, 0.6) is 0 Å². The molecule has 0 fully saturated rings. The minimum atomic E-state index is -0.522. The molecule has 0 amide bonds. The van der Waals surface area contributed by atoms with Crippen LogP contribution in [-0.4, -0.2) is 26.6 Å². The molecule has 5 nitrogen and oxygen atoms in total. The summed E-state index contributed by atoms with van der Waals surface area (Å²) < 4.78 is 1.87. The number of benzene rings is 1. The molecule has 3 rings (SSSR count). The summed E-state index contributed by atoms with van der Waals surface area (Å²) in [5.41, 5.74) is 3.04. The number of nitrogens with zero attached hydrogens (tertiary/aromatic N) is 3. The summed E-state index contributed by atoms with van der Waals surface area (Å²) >= 11 is 0. The second-order valence-corrected chi connectivity index (χ2v) is 4.87. The van der Waals surface area contributed by atoms with Crippen molar-refractivity contribution in [1.82, 2.24) is 15.0 Å². The number of fused-ring (bicyclic) bond motifs is 1. The maximum Gasteiger partial charge on any atom is 0.111 e. The van der Waals surface area contributed by atoms with Crippen LogP contribution >= 0.6 is 0 Å². The highest BCUT2D eigenvalue weighted by Crippen LogP contribution is 2.32. The summed E-state index contributed by atoms with van der Waals surface area (Å²) in [5.74, 6) is 0. The van der Waals surface area contributed by atoms with Crippen molar-refractivity contribution in [3.8, 4) is 0 Å². The Kier molecular flexibility index (Phi) is 3.21. The number of aromatic nitrogens is 3. The third-order valence-corrected chi connectivity index (χ3v) is 3.63. The van der Waals surface area contributed by atoms with Crippen LogP contribution < -0.4 is 5.32 Å². The van der Waals surface area contributed by atoms with Gasteiger partial charge in [0.2, 0.25) is 0 Å². The lowest BCUT2D eigenvalue weighted by Crippen LogP contribution is -2.22. The van der Waals surface area contributed by atoms with Crippen LogP contribution in [0.2, 0.25) is 0 Å². The van der Waals surface area contributed by atoms with E-state index in [-0.39, 0.29) is 6.04 Å². The van der Waals surface area contributed by atoms with Crippen molar-refractivity contribution < 1.29 is 5.11 Å². The van der Waals surface area contributed by atoms with Crippen molar-refractivity contribution in [3.05, 3.63) is 41.7 Å². The number of aliphatic hydroxyl groups excluding tert-OH is 1. The predicted octanol–water partition coefficient (Wildman–Crippen LogP) is 2.13. The number of rotatable bonds is 3. The Morgan fingerprint density at radius 3 is 3.16 bits per heavy atom. The second kappa shape index (κ2) is 5.01. The third-order valence-electron chi connectivity index (χ3n) is 3.63. The van der Waals surface area contributed by atoms with E-state index in [1.54, 1.807) is 0 Å². The van der Waals surface area contributed by atoms with E-state index < -0.39 is 6.10 Å². The standard InChI is InChI=1S/C14H18N4O/c1-2-14(19)12-9-18(17-16-12)13-7-8-15-11-6-4-3-5-10(11)13/h3-6,9,13-15,19H,2,7-8H2,1H3. The van der Waals surface area contributed by atoms with Crippen LogP contribution in [0.1, 0.15) is 43.2 Å². The molecule has 1 aliphatic rings. The van der Waals surface area contributed by atoms with Crippen LogP contribution in [0.4, 0.5) is 5.69 Å². The molecule has 5 heteroatoms. The number of aliphatic hydroxyl groups is 1. The molecule has 1 aromatic carbocycles. The van der Waals surface area contributed by atoms with Crippen molar-refractivity contribution in [3.63, 3.8) is 0 Å². The van der Waals surface area contributed by atoms with E-state index in [1.165, 1.54) is 5.56 Å². The van der Waals surface area contributed by atoms with Gasteiger partial charge < -0.3 is 10.4 Å². The zero-order valence-corrected chi connectivity index (χ0v) is 11.0. The van der Waals surface area contributed by atoms with Crippen molar-refractivity contribution in [2.45, 2.75) is 31.9 Å². The molecule has 100 valence electrons. The molecule has 2 heterocycles. The van der Waals surface area contributed by atoms with Gasteiger partial charge in [-0.25, -0.2) is 4.68 Å². The van der Waals surface area contributed by atoms with Gasteiger partial charge in [0.25, 0.3) is 0 Å². The minimum absolute atomic E-state index is 0.197. The first kappa shape index (κ1) is 12.2. The maximum atomic E-state index is 9.81. The number of hydrogen-bond acceptors (Lipinski definition) is 4. The summed E-state index contributed by atoms with van der Waals surface area (Å²) in [6.07, 6.45) is 2.97. The van der Waals surface area contributed by atoms with Crippen molar-refractivity contribution in [2.75, 3.05) is 11.9 Å². The molecule has 0 saturated heterocycles. The van der Waals surface area contributed by atoms with Crippen LogP contribution in [0, 0.1) is 0 Å². The Hall–Kier alpha value is -1.88. The molecular formula is C14H18N4O. The first-order chi connectivity index (χ1) is 9.29. The Labute approximate surface area is 112 Å². The van der Waals surface area contributed by atoms with Gasteiger partial charge in [-0.3, -0.25) is 0 Å². The van der Waals surface area contributed by atoms with E-state index >= 15 is 0 Å². The molecule has 2 N–H and O–H groups in total. The fourth-order valence-corrected chi connectivity index (χ4v) is 2.53. The average molecular weight is 258 g/mol. The topological polar surface area (TPSA) is 63.0 Å². The van der Waals surface area contributed by atoms with Crippen LogP contribution in [0.25, 0.3) is 0 Å². The van der Waals surface area contributed by atoms with Gasteiger partial charge in [0.05, 0.1) is 18.3 Å². The highest BCUT2D eigenvalue weighted by molar-refractivity contribution is 5.54. The monoisotopic (exact) mass is 258 g/mol. The number of hydrogen-bond donors (Lipinski definition) is 2. The van der Waals surface area contributed by atoms with Crippen LogP contribution in [-0.2, 0) is 0 Å². The molecule has 1 aliphatic heterocycles. The Bertz CT molecular complexity index is 566. The number of para-hydroxylation sites is 1. The molecule has 0 saturated carbocycles. The van der Waals surface area contributed by atoms with Crippen LogP contribution in [0.15, 0.2) is 30.5 Å². The van der Waals surface area contributed by atoms with E-state index in [2.05, 4.69) is 27.8 Å². The van der Waals surface area contributed by atoms with Crippen molar-refractivity contribution >= 4 is 5.69 Å². The summed E-state index contributed by atoms with van der Waals surface area (Å²) in [6, 6.07) is 8.46. The smallest absolute Gasteiger partial charge is 0.111 e. The van der Waals surface area contributed by atoms with Gasteiger partial charge in [-0.15, -0.1) is 5.10 Å². The molecule has 0 spiro atoms. The lowest BCUT2D eigenvalue weighted by atomic mass is 9.98. The zero-order valence-electron chi connectivity index (χ0n) is 11.0. The first-order valence-corrected chi connectivity index (χ1v) is 6.72. The molecule has 1 aromatic heterocycles. The highest BCUT2D eigenvalue weighted by Gasteiger charge is 2.23. The minimum Gasteiger partial charge on any atom is -0.387 e. The molecule has 0 bridgehead atoms. The molecule has 2 atom stereocenters. The van der Waals surface area contributed by atoms with E-state index in [1.807, 2.05) is 29.9 Å². The molecule has 0 aliphatic carbocycles. The molecule has 2 unspecified atom stereocenters. The lowest BCUT2D eigenvalue weighted by Gasteiger charge is -2.26. The average Bonchev–Trinajstić information content (AvgIpc) is 2.95. The second-order valence-electron chi connectivity index (χ2n) is 4.87. The van der Waals surface area contributed by atoms with E-state index in [4.69, 9.17) is 0 Å². The van der Waals surface area contributed by atoms with E-state index in [0.717, 1.165) is 18.7 Å². The van der Waals surface area contributed by atoms with Gasteiger partial charge in [0.1, 0.15) is 5.69 Å². The molecule has 0 radical (unpaired) electrons. The normalized spacial score (nSPS) is 19.6. The van der Waals surface area contributed by atoms with Gasteiger partial charge in [0.15, 0.2) is 0 Å². The van der Waals surface area contributed by atoms with E-state index in [9.17, 15) is 5.11 Å². The third kappa shape index (κ3) is 2.21.